The van der Waals surface area contributed by atoms with Gasteiger partial charge in [0.15, 0.2) is 0 Å². The van der Waals surface area contributed by atoms with E-state index in [0.29, 0.717) is 6.54 Å². The minimum atomic E-state index is 0. The van der Waals surface area contributed by atoms with E-state index in [1.807, 2.05) is 0 Å². The number of rotatable bonds is 0. The third kappa shape index (κ3) is 5.63. The van der Waals surface area contributed by atoms with Gasteiger partial charge in [-0.1, -0.05) is 60.7 Å². The van der Waals surface area contributed by atoms with Crippen LogP contribution in [-0.2, 0) is 4.84 Å². The van der Waals surface area contributed by atoms with Crippen molar-refractivity contribution in [2.45, 2.75) is 55.4 Å². The van der Waals surface area contributed by atoms with Crippen LogP contribution < -0.4 is 0 Å². The maximum absolute atomic E-state index is 4.89. The van der Waals surface area contributed by atoms with E-state index in [1.54, 1.807) is 0 Å². The van der Waals surface area contributed by atoms with Gasteiger partial charge in [-0.15, -0.1) is 5.10 Å². The molecule has 0 saturated heterocycles. The Hall–Kier alpha value is -1.52. The van der Waals surface area contributed by atoms with Crippen LogP contribution in [0.1, 0.15) is 55.4 Å². The first-order chi connectivity index (χ1) is 8.60. The molecule has 5 heteroatoms. The van der Waals surface area contributed by atoms with E-state index in [0.717, 1.165) is 23.6 Å². The monoisotopic (exact) mass is 280 g/mol. The third-order valence-electron chi connectivity index (χ3n) is 2.83. The molecular formula is C15H28N4O. The Kier molecular flexibility index (Phi) is 6.26. The van der Waals surface area contributed by atoms with E-state index in [1.165, 1.54) is 0 Å². The van der Waals surface area contributed by atoms with Crippen LogP contribution in [-0.4, -0.2) is 18.0 Å². The topological polar surface area (TPSA) is 58.7 Å². The molecule has 114 valence electrons. The first-order valence-electron chi connectivity index (χ1n) is 6.46. The molecule has 5 nitrogen and oxygen atoms in total. The molecule has 20 heavy (non-hydrogen) atoms. The van der Waals surface area contributed by atoms with Gasteiger partial charge in [0.1, 0.15) is 12.3 Å². The SMILES string of the molecule is C.C=C1CC(C(C)(C)C)=NO1.CC(C)(C)C1=NN=NC1. The Morgan fingerprint density at radius 3 is 1.75 bits per heavy atom. The van der Waals surface area contributed by atoms with Crippen LogP contribution in [0.4, 0.5) is 0 Å². The van der Waals surface area contributed by atoms with Crippen LogP contribution in [0.5, 0.6) is 0 Å². The lowest BCUT2D eigenvalue weighted by Crippen LogP contribution is -2.20. The molecule has 2 aliphatic heterocycles. The molecule has 0 atom stereocenters. The highest BCUT2D eigenvalue weighted by Crippen LogP contribution is 2.25. The number of oxime groups is 1. The summed E-state index contributed by atoms with van der Waals surface area (Å²) >= 11 is 0. The normalized spacial score (nSPS) is 17.6. The van der Waals surface area contributed by atoms with Gasteiger partial charge in [0.2, 0.25) is 0 Å². The van der Waals surface area contributed by atoms with E-state index >= 15 is 0 Å². The van der Waals surface area contributed by atoms with Gasteiger partial charge >= 0.3 is 0 Å². The molecule has 0 spiro atoms. The molecule has 0 N–H and O–H groups in total. The highest BCUT2D eigenvalue weighted by atomic mass is 16.6. The highest BCUT2D eigenvalue weighted by Gasteiger charge is 2.24. The molecule has 0 unspecified atom stereocenters. The molecular weight excluding hydrogens is 252 g/mol. The van der Waals surface area contributed by atoms with Crippen molar-refractivity contribution in [1.82, 2.24) is 0 Å². The Morgan fingerprint density at radius 1 is 1.00 bits per heavy atom. The molecule has 2 rings (SSSR count). The Bertz CT molecular complexity index is 434. The fourth-order valence-electron chi connectivity index (χ4n) is 1.38. The summed E-state index contributed by atoms with van der Waals surface area (Å²) in [5.41, 5.74) is 2.42. The van der Waals surface area contributed by atoms with Crippen molar-refractivity contribution in [3.63, 3.8) is 0 Å². The molecule has 0 saturated carbocycles. The van der Waals surface area contributed by atoms with Crippen molar-refractivity contribution in [3.8, 4) is 0 Å². The lowest BCUT2D eigenvalue weighted by atomic mass is 9.88. The lowest BCUT2D eigenvalue weighted by Gasteiger charge is -2.15. The van der Waals surface area contributed by atoms with Crippen LogP contribution in [0.25, 0.3) is 0 Å². The predicted molar refractivity (Wildman–Crippen MR) is 85.1 cm³/mol. The van der Waals surface area contributed by atoms with Crippen LogP contribution >= 0.6 is 0 Å². The molecule has 0 aromatic heterocycles. The van der Waals surface area contributed by atoms with Gasteiger partial charge in [-0.25, -0.2) is 0 Å². The van der Waals surface area contributed by atoms with Crippen LogP contribution in [0, 0.1) is 10.8 Å². The molecule has 0 aromatic carbocycles. The van der Waals surface area contributed by atoms with Gasteiger partial charge in [-0.05, 0) is 5.22 Å². The quantitative estimate of drug-likeness (QED) is 0.628. The Morgan fingerprint density at radius 2 is 1.55 bits per heavy atom. The number of nitrogens with zero attached hydrogens (tertiary/aromatic N) is 4. The molecule has 2 aliphatic rings. The van der Waals surface area contributed by atoms with Crippen LogP contribution in [0.2, 0.25) is 0 Å². The minimum Gasteiger partial charge on any atom is -0.362 e. The minimum absolute atomic E-state index is 0. The number of hydrogen-bond acceptors (Lipinski definition) is 5. The zero-order valence-electron chi connectivity index (χ0n) is 12.8. The second-order valence-electron chi connectivity index (χ2n) is 6.78. The Balaban J connectivity index is 0.000000345. The summed E-state index contributed by atoms with van der Waals surface area (Å²) in [5, 5.41) is 15.1. The van der Waals surface area contributed by atoms with Crippen molar-refractivity contribution in [2.75, 3.05) is 6.54 Å². The summed E-state index contributed by atoms with van der Waals surface area (Å²) in [4.78, 5) is 4.89. The van der Waals surface area contributed by atoms with Gasteiger partial charge in [-0.2, -0.15) is 5.11 Å². The first-order valence-corrected chi connectivity index (χ1v) is 6.46. The summed E-state index contributed by atoms with van der Waals surface area (Å²) in [6.07, 6.45) is 0.795. The van der Waals surface area contributed by atoms with E-state index < -0.39 is 0 Å². The second-order valence-corrected chi connectivity index (χ2v) is 6.78. The van der Waals surface area contributed by atoms with E-state index in [2.05, 4.69) is 68.7 Å². The van der Waals surface area contributed by atoms with Gasteiger partial charge in [0.25, 0.3) is 0 Å². The van der Waals surface area contributed by atoms with Crippen molar-refractivity contribution < 1.29 is 4.84 Å². The summed E-state index contributed by atoms with van der Waals surface area (Å²) in [5.74, 6) is 0.755. The molecule has 0 aromatic rings. The van der Waals surface area contributed by atoms with Gasteiger partial charge in [-0.3, -0.25) is 0 Å². The predicted octanol–water partition coefficient (Wildman–Crippen LogP) is 4.81. The largest absolute Gasteiger partial charge is 0.362 e. The van der Waals surface area contributed by atoms with Crippen molar-refractivity contribution >= 4 is 11.4 Å². The fraction of sp³-hybridized carbons (Fsp3) is 0.733. The van der Waals surface area contributed by atoms with E-state index in [4.69, 9.17) is 4.84 Å². The molecule has 0 bridgehead atoms. The first kappa shape index (κ1) is 18.5. The zero-order chi connectivity index (χ0) is 14.7. The van der Waals surface area contributed by atoms with E-state index in [-0.39, 0.29) is 18.3 Å². The zero-order valence-corrected chi connectivity index (χ0v) is 12.8. The summed E-state index contributed by atoms with van der Waals surface area (Å²) in [6, 6.07) is 0. The third-order valence-corrected chi connectivity index (χ3v) is 2.83. The van der Waals surface area contributed by atoms with Crippen molar-refractivity contribution in [1.29, 1.82) is 0 Å². The molecule has 0 radical (unpaired) electrons. The summed E-state index contributed by atoms with van der Waals surface area (Å²) in [7, 11) is 0. The smallest absolute Gasteiger partial charge is 0.133 e. The molecule has 2 heterocycles. The lowest BCUT2D eigenvalue weighted by molar-refractivity contribution is 0.245. The molecule has 0 aliphatic carbocycles. The average molecular weight is 280 g/mol. The fourth-order valence-corrected chi connectivity index (χ4v) is 1.38. The van der Waals surface area contributed by atoms with Crippen molar-refractivity contribution in [2.24, 2.45) is 31.4 Å². The average Bonchev–Trinajstić information content (AvgIpc) is 2.84. The highest BCUT2D eigenvalue weighted by molar-refractivity contribution is 5.92. The standard InChI is InChI=1S/C8H13NO.C6H11N3.CH4/c1-6-5-7(9-10-6)8(2,3)4;1-6(2,3)5-4-7-9-8-5;/h1,5H2,2-4H3;4H2,1-3H3;1H4. The maximum atomic E-state index is 4.89. The molecule has 0 amide bonds. The summed E-state index contributed by atoms with van der Waals surface area (Å²) in [6.45, 7) is 17.1. The van der Waals surface area contributed by atoms with Crippen LogP contribution in [0.15, 0.2) is 32.9 Å². The maximum Gasteiger partial charge on any atom is 0.133 e. The number of hydrogen-bond donors (Lipinski definition) is 0. The molecule has 0 fully saturated rings. The summed E-state index contributed by atoms with van der Waals surface area (Å²) < 4.78 is 0. The van der Waals surface area contributed by atoms with E-state index in [9.17, 15) is 0 Å². The van der Waals surface area contributed by atoms with Crippen molar-refractivity contribution in [3.05, 3.63) is 12.3 Å². The Labute approximate surface area is 122 Å². The second kappa shape index (κ2) is 6.77. The van der Waals surface area contributed by atoms with Gasteiger partial charge in [0.05, 0.1) is 17.8 Å². The number of allylic oxidation sites excluding steroid dienone is 1. The van der Waals surface area contributed by atoms with Gasteiger partial charge in [0, 0.05) is 10.8 Å². The van der Waals surface area contributed by atoms with Gasteiger partial charge < -0.3 is 4.84 Å². The van der Waals surface area contributed by atoms with Crippen LogP contribution in [0.3, 0.4) is 0 Å².